The van der Waals surface area contributed by atoms with Crippen molar-refractivity contribution in [2.75, 3.05) is 24.6 Å². The maximum absolute atomic E-state index is 14.4. The van der Waals surface area contributed by atoms with E-state index in [1.165, 1.54) is 9.80 Å². The van der Waals surface area contributed by atoms with Gasteiger partial charge in [0.15, 0.2) is 11.6 Å². The summed E-state index contributed by atoms with van der Waals surface area (Å²) in [6.45, 7) is 6.03. The smallest absolute Gasteiger partial charge is 0.251 e. The highest BCUT2D eigenvalue weighted by atomic mass is 19.2. The number of hydrogen-bond donors (Lipinski definition) is 1. The van der Waals surface area contributed by atoms with Crippen LogP contribution >= 0.6 is 0 Å². The predicted octanol–water partition coefficient (Wildman–Crippen LogP) is 3.82. The van der Waals surface area contributed by atoms with Gasteiger partial charge in [0.1, 0.15) is 5.82 Å². The maximum atomic E-state index is 14.4. The number of fused-ring (bicyclic) bond motifs is 1. The first-order valence-electron chi connectivity index (χ1n) is 9.88. The zero-order valence-electron chi connectivity index (χ0n) is 16.9. The quantitative estimate of drug-likeness (QED) is 0.549. The summed E-state index contributed by atoms with van der Waals surface area (Å²) in [5.41, 5.74) is 1.05. The van der Waals surface area contributed by atoms with Crippen molar-refractivity contribution in [3.8, 4) is 0 Å². The minimum absolute atomic E-state index is 0.0103. The number of amides is 1. The Kier molecular flexibility index (Phi) is 6.82. The average molecular weight is 418 g/mol. The molecule has 0 saturated carbocycles. The standard InChI is InChI=1S/C23H25F3N2O2/c1-15(23(30)28(16(2)14-29)13-17-7-4-3-5-8-17)12-27-10-6-9-18-21(26)19(24)11-20(25)22(18)27/h3-5,7-8,11,16,29H,1,6,9-10,12-14H2,2H3. The van der Waals surface area contributed by atoms with Crippen molar-refractivity contribution in [2.45, 2.75) is 32.4 Å². The Morgan fingerprint density at radius 1 is 1.23 bits per heavy atom. The van der Waals surface area contributed by atoms with Crippen LogP contribution in [-0.2, 0) is 17.8 Å². The number of carbonyl (C=O) groups excluding carboxylic acids is 1. The summed E-state index contributed by atoms with van der Waals surface area (Å²) in [4.78, 5) is 16.1. The summed E-state index contributed by atoms with van der Waals surface area (Å²) in [5.74, 6) is -3.49. The first kappa shape index (κ1) is 21.9. The summed E-state index contributed by atoms with van der Waals surface area (Å²) < 4.78 is 42.2. The van der Waals surface area contributed by atoms with E-state index in [0.29, 0.717) is 19.0 Å². The number of nitrogens with zero attached hydrogens (tertiary/aromatic N) is 2. The van der Waals surface area contributed by atoms with E-state index in [0.717, 1.165) is 5.56 Å². The molecule has 30 heavy (non-hydrogen) atoms. The largest absolute Gasteiger partial charge is 0.394 e. The van der Waals surface area contributed by atoms with E-state index in [2.05, 4.69) is 6.58 Å². The molecule has 1 heterocycles. The first-order chi connectivity index (χ1) is 14.3. The molecule has 2 aromatic rings. The molecule has 1 unspecified atom stereocenters. The second-order valence-electron chi connectivity index (χ2n) is 7.56. The van der Waals surface area contributed by atoms with Gasteiger partial charge >= 0.3 is 0 Å². The van der Waals surface area contributed by atoms with Crippen LogP contribution in [0, 0.1) is 17.5 Å². The van der Waals surface area contributed by atoms with Gasteiger partial charge in [-0.25, -0.2) is 13.2 Å². The fraction of sp³-hybridized carbons (Fsp3) is 0.348. The molecule has 1 amide bonds. The van der Waals surface area contributed by atoms with Gasteiger partial charge in [-0.1, -0.05) is 36.9 Å². The Labute approximate surface area is 174 Å². The van der Waals surface area contributed by atoms with Crippen LogP contribution < -0.4 is 4.90 Å². The Balaban J connectivity index is 1.81. The Morgan fingerprint density at radius 2 is 1.93 bits per heavy atom. The van der Waals surface area contributed by atoms with Crippen LogP contribution in [-0.4, -0.2) is 41.7 Å². The molecule has 0 saturated heterocycles. The van der Waals surface area contributed by atoms with E-state index in [9.17, 15) is 23.1 Å². The lowest BCUT2D eigenvalue weighted by atomic mass is 9.99. The van der Waals surface area contributed by atoms with Crippen LogP contribution in [0.5, 0.6) is 0 Å². The molecule has 0 spiro atoms. The number of anilines is 1. The number of aliphatic hydroxyl groups excluding tert-OH is 1. The van der Waals surface area contributed by atoms with Gasteiger partial charge in [0, 0.05) is 36.8 Å². The molecule has 0 bridgehead atoms. The molecule has 1 atom stereocenters. The van der Waals surface area contributed by atoms with Crippen LogP contribution in [0.1, 0.15) is 24.5 Å². The highest BCUT2D eigenvalue weighted by molar-refractivity contribution is 5.94. The van der Waals surface area contributed by atoms with Crippen molar-refractivity contribution < 1.29 is 23.1 Å². The summed E-state index contributed by atoms with van der Waals surface area (Å²) >= 11 is 0. The summed E-state index contributed by atoms with van der Waals surface area (Å²) in [7, 11) is 0. The van der Waals surface area contributed by atoms with Gasteiger partial charge in [-0.05, 0) is 25.3 Å². The van der Waals surface area contributed by atoms with Gasteiger partial charge in [0.05, 0.1) is 18.3 Å². The van der Waals surface area contributed by atoms with Gasteiger partial charge in [0.2, 0.25) is 0 Å². The Hall–Kier alpha value is -2.80. The molecule has 4 nitrogen and oxygen atoms in total. The lowest BCUT2D eigenvalue weighted by Gasteiger charge is -2.34. The number of aliphatic hydroxyl groups is 1. The molecule has 0 fully saturated rings. The topological polar surface area (TPSA) is 43.8 Å². The van der Waals surface area contributed by atoms with Crippen LogP contribution in [0.2, 0.25) is 0 Å². The van der Waals surface area contributed by atoms with Crippen LogP contribution in [0.15, 0.2) is 48.6 Å². The van der Waals surface area contributed by atoms with E-state index >= 15 is 0 Å². The number of carbonyl (C=O) groups is 1. The van der Waals surface area contributed by atoms with E-state index in [1.54, 1.807) is 6.92 Å². The van der Waals surface area contributed by atoms with Gasteiger partial charge in [0.25, 0.3) is 5.91 Å². The Morgan fingerprint density at radius 3 is 2.60 bits per heavy atom. The molecular weight excluding hydrogens is 393 g/mol. The molecule has 160 valence electrons. The Bertz CT molecular complexity index is 934. The van der Waals surface area contributed by atoms with Crippen molar-refractivity contribution in [2.24, 2.45) is 0 Å². The van der Waals surface area contributed by atoms with Crippen molar-refractivity contribution in [3.05, 3.63) is 77.1 Å². The molecule has 1 aliphatic heterocycles. The van der Waals surface area contributed by atoms with Crippen LogP contribution in [0.3, 0.4) is 0 Å². The maximum Gasteiger partial charge on any atom is 0.251 e. The van der Waals surface area contributed by atoms with Crippen molar-refractivity contribution in [1.29, 1.82) is 0 Å². The van der Waals surface area contributed by atoms with Gasteiger partial charge in [-0.15, -0.1) is 0 Å². The lowest BCUT2D eigenvalue weighted by Crippen LogP contribution is -2.43. The summed E-state index contributed by atoms with van der Waals surface area (Å²) in [5, 5.41) is 9.60. The molecule has 1 aliphatic rings. The SMILES string of the molecule is C=C(CN1CCCc2c(F)c(F)cc(F)c21)C(=O)N(Cc1ccccc1)C(C)CO. The zero-order valence-corrected chi connectivity index (χ0v) is 16.9. The van der Waals surface area contributed by atoms with Crippen LogP contribution in [0.25, 0.3) is 0 Å². The highest BCUT2D eigenvalue weighted by Gasteiger charge is 2.29. The number of halogens is 3. The average Bonchev–Trinajstić information content (AvgIpc) is 2.75. The molecule has 0 aliphatic carbocycles. The third kappa shape index (κ3) is 4.51. The molecule has 0 radical (unpaired) electrons. The third-order valence-corrected chi connectivity index (χ3v) is 5.35. The minimum Gasteiger partial charge on any atom is -0.394 e. The molecule has 0 aromatic heterocycles. The second-order valence-corrected chi connectivity index (χ2v) is 7.56. The van der Waals surface area contributed by atoms with Gasteiger partial charge in [-0.3, -0.25) is 4.79 Å². The van der Waals surface area contributed by atoms with E-state index in [-0.39, 0.29) is 48.8 Å². The second kappa shape index (κ2) is 9.34. The molecule has 1 N–H and O–H groups in total. The molecule has 7 heteroatoms. The van der Waals surface area contributed by atoms with Crippen molar-refractivity contribution in [1.82, 2.24) is 4.90 Å². The fourth-order valence-electron chi connectivity index (χ4n) is 3.73. The number of rotatable bonds is 7. The monoisotopic (exact) mass is 418 g/mol. The van der Waals surface area contributed by atoms with E-state index < -0.39 is 23.5 Å². The highest BCUT2D eigenvalue weighted by Crippen LogP contribution is 2.34. The normalized spacial score (nSPS) is 14.2. The first-order valence-corrected chi connectivity index (χ1v) is 9.88. The third-order valence-electron chi connectivity index (χ3n) is 5.35. The van der Waals surface area contributed by atoms with Crippen molar-refractivity contribution >= 4 is 11.6 Å². The molecule has 3 rings (SSSR count). The molecule has 2 aromatic carbocycles. The summed E-state index contributed by atoms with van der Waals surface area (Å²) in [6.07, 6.45) is 0.740. The zero-order chi connectivity index (χ0) is 21.8. The fourth-order valence-corrected chi connectivity index (χ4v) is 3.73. The number of benzene rings is 2. The predicted molar refractivity (Wildman–Crippen MR) is 110 cm³/mol. The van der Waals surface area contributed by atoms with Crippen molar-refractivity contribution in [3.63, 3.8) is 0 Å². The van der Waals surface area contributed by atoms with E-state index in [4.69, 9.17) is 0 Å². The molecular formula is C23H25F3N2O2. The van der Waals surface area contributed by atoms with Gasteiger partial charge in [-0.2, -0.15) is 0 Å². The lowest BCUT2D eigenvalue weighted by molar-refractivity contribution is -0.130. The van der Waals surface area contributed by atoms with Gasteiger partial charge < -0.3 is 14.9 Å². The number of hydrogen-bond acceptors (Lipinski definition) is 3. The van der Waals surface area contributed by atoms with E-state index in [1.807, 2.05) is 30.3 Å². The summed E-state index contributed by atoms with van der Waals surface area (Å²) in [6, 6.07) is 9.42. The van der Waals surface area contributed by atoms with Crippen LogP contribution in [0.4, 0.5) is 18.9 Å². The minimum atomic E-state index is -1.21.